The van der Waals surface area contributed by atoms with Crippen LogP contribution in [-0.2, 0) is 13.0 Å². The molecule has 1 aromatic rings. The summed E-state index contributed by atoms with van der Waals surface area (Å²) in [5.74, 6) is 0.996. The van der Waals surface area contributed by atoms with Gasteiger partial charge in [-0.05, 0) is 11.5 Å². The molecule has 0 bridgehead atoms. The zero-order valence-electron chi connectivity index (χ0n) is 8.99. The zero-order valence-corrected chi connectivity index (χ0v) is 9.81. The Hall–Kier alpha value is -0.520. The molecule has 0 unspecified atom stereocenters. The van der Waals surface area contributed by atoms with Gasteiger partial charge in [0, 0.05) is 38.0 Å². The average Bonchev–Trinajstić information content (AvgIpc) is 2.55. The number of likely N-dealkylation sites (tertiary alicyclic amines) is 1. The minimum atomic E-state index is 0.623. The van der Waals surface area contributed by atoms with Crippen molar-refractivity contribution in [2.24, 2.45) is 5.41 Å². The number of rotatable bonds is 3. The summed E-state index contributed by atoms with van der Waals surface area (Å²) in [7, 11) is 0. The fraction of sp³-hybridized carbons (Fsp3) is 0.800. The highest BCUT2D eigenvalue weighted by atomic mass is 32.1. The number of aryl methyl sites for hydroxylation is 1. The zero-order chi connectivity index (χ0) is 10.3. The van der Waals surface area contributed by atoms with E-state index >= 15 is 0 Å². The van der Waals surface area contributed by atoms with Gasteiger partial charge in [-0.15, -0.1) is 0 Å². The van der Waals surface area contributed by atoms with Gasteiger partial charge in [0.05, 0.1) is 6.54 Å². The normalized spacial score (nSPS) is 23.8. The van der Waals surface area contributed by atoms with E-state index in [1.807, 2.05) is 0 Å². The summed E-state index contributed by atoms with van der Waals surface area (Å²) < 4.78 is 4.31. The van der Waals surface area contributed by atoms with Gasteiger partial charge in [-0.3, -0.25) is 4.90 Å². The molecule has 4 nitrogen and oxygen atoms in total. The molecule has 0 saturated carbocycles. The van der Waals surface area contributed by atoms with Crippen LogP contribution >= 0.6 is 11.5 Å². The fourth-order valence-corrected chi connectivity index (χ4v) is 3.17. The summed E-state index contributed by atoms with van der Waals surface area (Å²) in [5.41, 5.74) is 0.623. The lowest BCUT2D eigenvalue weighted by atomic mass is 9.74. The second-order valence-corrected chi connectivity index (χ2v) is 5.54. The Bertz CT molecular complexity index is 350. The molecule has 0 aromatic carbocycles. The predicted octanol–water partition coefficient (Wildman–Crippen LogP) is 0.506. The van der Waals surface area contributed by atoms with E-state index < -0.39 is 0 Å². The van der Waals surface area contributed by atoms with Crippen molar-refractivity contribution < 1.29 is 0 Å². The molecule has 15 heavy (non-hydrogen) atoms. The maximum Gasteiger partial charge on any atom is 0.142 e. The summed E-state index contributed by atoms with van der Waals surface area (Å²) in [6.45, 7) is 7.99. The third-order valence-electron chi connectivity index (χ3n) is 3.30. The lowest BCUT2D eigenvalue weighted by Gasteiger charge is -2.56. The van der Waals surface area contributed by atoms with Crippen molar-refractivity contribution in [3.63, 3.8) is 0 Å². The standard InChI is InChI=1S/C10H16N4S/c1-2-8-12-9(15-13-8)3-14-6-10(7-14)4-11-5-10/h11H,2-7H2,1H3. The van der Waals surface area contributed by atoms with E-state index in [1.54, 1.807) is 11.5 Å². The van der Waals surface area contributed by atoms with Crippen LogP contribution in [0.4, 0.5) is 0 Å². The molecule has 1 N–H and O–H groups in total. The Morgan fingerprint density at radius 2 is 2.27 bits per heavy atom. The second kappa shape index (κ2) is 3.50. The Kier molecular flexibility index (Phi) is 2.26. The topological polar surface area (TPSA) is 41.1 Å². The van der Waals surface area contributed by atoms with Gasteiger partial charge in [-0.1, -0.05) is 6.92 Å². The van der Waals surface area contributed by atoms with Crippen molar-refractivity contribution in [3.05, 3.63) is 10.8 Å². The molecule has 2 aliphatic rings. The van der Waals surface area contributed by atoms with Crippen molar-refractivity contribution in [3.8, 4) is 0 Å². The molecule has 5 heteroatoms. The Labute approximate surface area is 93.9 Å². The van der Waals surface area contributed by atoms with Gasteiger partial charge in [0.2, 0.25) is 0 Å². The van der Waals surface area contributed by atoms with Crippen molar-refractivity contribution in [1.82, 2.24) is 19.6 Å². The predicted molar refractivity (Wildman–Crippen MR) is 59.9 cm³/mol. The Morgan fingerprint density at radius 1 is 1.47 bits per heavy atom. The van der Waals surface area contributed by atoms with E-state index in [4.69, 9.17) is 0 Å². The minimum absolute atomic E-state index is 0.623. The third-order valence-corrected chi connectivity index (χ3v) is 4.04. The van der Waals surface area contributed by atoms with Crippen LogP contribution in [0.1, 0.15) is 17.8 Å². The van der Waals surface area contributed by atoms with Gasteiger partial charge in [0.25, 0.3) is 0 Å². The summed E-state index contributed by atoms with van der Waals surface area (Å²) in [6.07, 6.45) is 0.949. The number of nitrogens with one attached hydrogen (secondary N) is 1. The van der Waals surface area contributed by atoms with E-state index in [2.05, 4.69) is 26.5 Å². The molecule has 0 aliphatic carbocycles. The molecular formula is C10H16N4S. The monoisotopic (exact) mass is 224 g/mol. The van der Waals surface area contributed by atoms with Gasteiger partial charge in [-0.25, -0.2) is 4.98 Å². The number of aromatic nitrogens is 2. The van der Waals surface area contributed by atoms with Gasteiger partial charge in [0.1, 0.15) is 10.8 Å². The summed E-state index contributed by atoms with van der Waals surface area (Å²) in [5, 5.41) is 4.52. The quantitative estimate of drug-likeness (QED) is 0.812. The van der Waals surface area contributed by atoms with E-state index in [-0.39, 0.29) is 0 Å². The van der Waals surface area contributed by atoms with Crippen molar-refractivity contribution in [2.75, 3.05) is 26.2 Å². The lowest BCUT2D eigenvalue weighted by Crippen LogP contribution is -2.70. The molecule has 0 atom stereocenters. The Morgan fingerprint density at radius 3 is 2.80 bits per heavy atom. The molecule has 2 saturated heterocycles. The molecule has 2 aliphatic heterocycles. The van der Waals surface area contributed by atoms with Crippen LogP contribution in [0.5, 0.6) is 0 Å². The first-order valence-corrected chi connectivity index (χ1v) is 6.32. The first kappa shape index (κ1) is 9.69. The lowest BCUT2D eigenvalue weighted by molar-refractivity contribution is -0.0444. The van der Waals surface area contributed by atoms with Crippen LogP contribution in [0.25, 0.3) is 0 Å². The van der Waals surface area contributed by atoms with E-state index in [1.165, 1.54) is 31.2 Å². The van der Waals surface area contributed by atoms with Crippen LogP contribution in [0.3, 0.4) is 0 Å². The molecule has 2 fully saturated rings. The average molecular weight is 224 g/mol. The van der Waals surface area contributed by atoms with Crippen molar-refractivity contribution >= 4 is 11.5 Å². The second-order valence-electron chi connectivity index (χ2n) is 4.71. The highest BCUT2D eigenvalue weighted by molar-refractivity contribution is 7.05. The minimum Gasteiger partial charge on any atom is -0.315 e. The highest BCUT2D eigenvalue weighted by Crippen LogP contribution is 2.34. The molecule has 82 valence electrons. The summed E-state index contributed by atoms with van der Waals surface area (Å²) in [6, 6.07) is 0. The molecule has 0 radical (unpaired) electrons. The van der Waals surface area contributed by atoms with Crippen LogP contribution in [0.2, 0.25) is 0 Å². The van der Waals surface area contributed by atoms with Gasteiger partial charge in [-0.2, -0.15) is 4.37 Å². The van der Waals surface area contributed by atoms with E-state index in [9.17, 15) is 0 Å². The number of hydrogen-bond acceptors (Lipinski definition) is 5. The van der Waals surface area contributed by atoms with Gasteiger partial charge < -0.3 is 5.32 Å². The molecule has 3 heterocycles. The van der Waals surface area contributed by atoms with E-state index in [0.717, 1.165) is 18.8 Å². The van der Waals surface area contributed by atoms with Crippen LogP contribution in [0.15, 0.2) is 0 Å². The fourth-order valence-electron chi connectivity index (χ4n) is 2.41. The van der Waals surface area contributed by atoms with Crippen LogP contribution in [-0.4, -0.2) is 40.4 Å². The maximum atomic E-state index is 4.49. The first-order valence-electron chi connectivity index (χ1n) is 5.54. The largest absolute Gasteiger partial charge is 0.315 e. The first-order chi connectivity index (χ1) is 7.30. The number of nitrogens with zero attached hydrogens (tertiary/aromatic N) is 3. The van der Waals surface area contributed by atoms with Crippen molar-refractivity contribution in [1.29, 1.82) is 0 Å². The molecule has 1 aromatic heterocycles. The smallest absolute Gasteiger partial charge is 0.142 e. The number of hydrogen-bond donors (Lipinski definition) is 1. The summed E-state index contributed by atoms with van der Waals surface area (Å²) in [4.78, 5) is 6.97. The summed E-state index contributed by atoms with van der Waals surface area (Å²) >= 11 is 1.56. The molecule has 1 spiro atoms. The SMILES string of the molecule is CCc1nsc(CN2CC3(CNC3)C2)n1. The highest BCUT2D eigenvalue weighted by Gasteiger charge is 2.47. The van der Waals surface area contributed by atoms with Crippen molar-refractivity contribution in [2.45, 2.75) is 19.9 Å². The molecule has 3 rings (SSSR count). The van der Waals surface area contributed by atoms with Gasteiger partial charge >= 0.3 is 0 Å². The van der Waals surface area contributed by atoms with Crippen LogP contribution in [0, 0.1) is 5.41 Å². The molecular weight excluding hydrogens is 208 g/mol. The Balaban J connectivity index is 1.54. The maximum absolute atomic E-state index is 4.49. The van der Waals surface area contributed by atoms with Crippen LogP contribution < -0.4 is 5.32 Å². The molecule has 0 amide bonds. The van der Waals surface area contributed by atoms with Gasteiger partial charge in [0.15, 0.2) is 0 Å². The third kappa shape index (κ3) is 1.68. The van der Waals surface area contributed by atoms with E-state index in [0.29, 0.717) is 5.41 Å².